The molecule has 0 aliphatic heterocycles. The maximum absolute atomic E-state index is 12.4. The van der Waals surface area contributed by atoms with Gasteiger partial charge in [-0.2, -0.15) is 0 Å². The summed E-state index contributed by atoms with van der Waals surface area (Å²) in [7, 11) is -3.65. The van der Waals surface area contributed by atoms with Gasteiger partial charge in [0, 0.05) is 12.1 Å². The van der Waals surface area contributed by atoms with Gasteiger partial charge in [-0.25, -0.2) is 13.1 Å². The maximum Gasteiger partial charge on any atom is 0.255 e. The van der Waals surface area contributed by atoms with Crippen LogP contribution in [0.1, 0.15) is 23.7 Å². The number of hydrogen-bond acceptors (Lipinski definition) is 3. The highest BCUT2D eigenvalue weighted by molar-refractivity contribution is 7.89. The zero-order valence-electron chi connectivity index (χ0n) is 12.8. The average Bonchev–Trinajstić information content (AvgIpc) is 2.56. The van der Waals surface area contributed by atoms with Crippen LogP contribution >= 0.6 is 23.2 Å². The number of anilines is 1. The number of rotatable bonds is 6. The van der Waals surface area contributed by atoms with Crippen LogP contribution in [0.3, 0.4) is 0 Å². The molecule has 8 heteroatoms. The van der Waals surface area contributed by atoms with Crippen LogP contribution in [0.4, 0.5) is 5.69 Å². The Bertz CT molecular complexity index is 834. The highest BCUT2D eigenvalue weighted by atomic mass is 35.5. The van der Waals surface area contributed by atoms with Gasteiger partial charge in [0.1, 0.15) is 0 Å². The summed E-state index contributed by atoms with van der Waals surface area (Å²) in [5, 5.41) is 3.19. The second-order valence-corrected chi connectivity index (χ2v) is 7.56. The van der Waals surface area contributed by atoms with Crippen molar-refractivity contribution >= 4 is 44.8 Å². The number of hydrogen-bond donors (Lipinski definition) is 2. The van der Waals surface area contributed by atoms with Crippen LogP contribution in [-0.2, 0) is 10.0 Å². The predicted octanol–water partition coefficient (Wildman–Crippen LogP) is 3.93. The molecule has 0 saturated carbocycles. The van der Waals surface area contributed by atoms with Crippen molar-refractivity contribution in [1.82, 2.24) is 4.72 Å². The normalized spacial score (nSPS) is 11.3. The Kier molecular flexibility index (Phi) is 6.23. The molecule has 24 heavy (non-hydrogen) atoms. The molecule has 2 rings (SSSR count). The molecule has 2 aromatic carbocycles. The Morgan fingerprint density at radius 1 is 1.08 bits per heavy atom. The van der Waals surface area contributed by atoms with Crippen LogP contribution in [-0.4, -0.2) is 20.9 Å². The highest BCUT2D eigenvalue weighted by Crippen LogP contribution is 2.30. The molecule has 0 aromatic heterocycles. The molecule has 2 aromatic rings. The molecule has 5 nitrogen and oxygen atoms in total. The fourth-order valence-electron chi connectivity index (χ4n) is 1.93. The van der Waals surface area contributed by atoms with Gasteiger partial charge in [-0.1, -0.05) is 42.3 Å². The summed E-state index contributed by atoms with van der Waals surface area (Å²) in [6.45, 7) is 2.19. The molecule has 0 bridgehead atoms. The number of para-hydroxylation sites is 1. The Hall–Kier alpha value is -1.60. The van der Waals surface area contributed by atoms with Crippen LogP contribution in [0.15, 0.2) is 47.4 Å². The van der Waals surface area contributed by atoms with Gasteiger partial charge in [0.2, 0.25) is 10.0 Å². The van der Waals surface area contributed by atoms with E-state index < -0.39 is 15.9 Å². The van der Waals surface area contributed by atoms with Gasteiger partial charge in [0.25, 0.3) is 5.91 Å². The summed E-state index contributed by atoms with van der Waals surface area (Å²) in [5.41, 5.74) is 0.466. The summed E-state index contributed by atoms with van der Waals surface area (Å²) in [5.74, 6) is -0.502. The molecule has 0 unspecified atom stereocenters. The first-order valence-electron chi connectivity index (χ1n) is 7.20. The Balaban J connectivity index is 2.27. The monoisotopic (exact) mass is 386 g/mol. The molecule has 0 radical (unpaired) electrons. The number of halogens is 2. The topological polar surface area (TPSA) is 75.3 Å². The predicted molar refractivity (Wildman–Crippen MR) is 96.3 cm³/mol. The molecule has 0 aliphatic carbocycles. The van der Waals surface area contributed by atoms with E-state index in [2.05, 4.69) is 10.0 Å². The summed E-state index contributed by atoms with van der Waals surface area (Å²) >= 11 is 12.0. The van der Waals surface area contributed by atoms with Crippen LogP contribution in [0, 0.1) is 0 Å². The maximum atomic E-state index is 12.4. The zero-order valence-corrected chi connectivity index (χ0v) is 15.2. The SMILES string of the molecule is CCCNS(=O)(=O)c1cccc(C(=O)Nc2c(Cl)cccc2Cl)c1. The quantitative estimate of drug-likeness (QED) is 0.789. The third-order valence-corrected chi connectivity index (χ3v) is 5.24. The number of carbonyl (C=O) groups is 1. The van der Waals surface area contributed by atoms with Crippen molar-refractivity contribution in [2.75, 3.05) is 11.9 Å². The van der Waals surface area contributed by atoms with Gasteiger partial charge in [0.05, 0.1) is 20.6 Å². The van der Waals surface area contributed by atoms with E-state index >= 15 is 0 Å². The second kappa shape index (κ2) is 7.98. The van der Waals surface area contributed by atoms with E-state index in [1.807, 2.05) is 6.92 Å². The molecule has 0 saturated heterocycles. The number of nitrogens with one attached hydrogen (secondary N) is 2. The summed E-state index contributed by atoms with van der Waals surface area (Å²) in [4.78, 5) is 12.4. The fraction of sp³-hybridized carbons (Fsp3) is 0.188. The van der Waals surface area contributed by atoms with Gasteiger partial charge >= 0.3 is 0 Å². The third kappa shape index (κ3) is 4.48. The minimum absolute atomic E-state index is 0.0221. The molecule has 0 aliphatic rings. The Morgan fingerprint density at radius 2 is 1.71 bits per heavy atom. The minimum Gasteiger partial charge on any atom is -0.319 e. The van der Waals surface area contributed by atoms with Crippen molar-refractivity contribution in [1.29, 1.82) is 0 Å². The van der Waals surface area contributed by atoms with Crippen molar-refractivity contribution in [2.24, 2.45) is 0 Å². The summed E-state index contributed by atoms with van der Waals surface area (Å²) in [6, 6.07) is 10.6. The lowest BCUT2D eigenvalue weighted by Gasteiger charge is -2.10. The Labute approximate surface area is 151 Å². The molecule has 0 fully saturated rings. The number of sulfonamides is 1. The van der Waals surface area contributed by atoms with Gasteiger partial charge in [-0.15, -0.1) is 0 Å². The van der Waals surface area contributed by atoms with E-state index in [1.165, 1.54) is 24.3 Å². The van der Waals surface area contributed by atoms with E-state index in [4.69, 9.17) is 23.2 Å². The van der Waals surface area contributed by atoms with Crippen molar-refractivity contribution in [3.8, 4) is 0 Å². The van der Waals surface area contributed by atoms with Crippen LogP contribution in [0.2, 0.25) is 10.0 Å². The molecule has 0 atom stereocenters. The van der Waals surface area contributed by atoms with Crippen molar-refractivity contribution in [3.63, 3.8) is 0 Å². The summed E-state index contributed by atoms with van der Waals surface area (Å²) < 4.78 is 26.8. The van der Waals surface area contributed by atoms with Gasteiger partial charge in [-0.05, 0) is 36.8 Å². The van der Waals surface area contributed by atoms with E-state index in [-0.39, 0.29) is 16.1 Å². The molecule has 1 amide bonds. The molecule has 0 spiro atoms. The lowest BCUT2D eigenvalue weighted by Crippen LogP contribution is -2.24. The third-order valence-electron chi connectivity index (χ3n) is 3.15. The standard InChI is InChI=1S/C16H16Cl2N2O3S/c1-2-9-19-24(22,23)12-6-3-5-11(10-12)16(21)20-15-13(17)7-4-8-14(15)18/h3-8,10,19H,2,9H2,1H3,(H,20,21). The number of carbonyl (C=O) groups excluding carboxylic acids is 1. The van der Waals surface area contributed by atoms with Gasteiger partial charge in [-0.3, -0.25) is 4.79 Å². The van der Waals surface area contributed by atoms with E-state index in [0.717, 1.165) is 0 Å². The molecular formula is C16H16Cl2N2O3S. The second-order valence-electron chi connectivity index (χ2n) is 4.98. The lowest BCUT2D eigenvalue weighted by molar-refractivity contribution is 0.102. The van der Waals surface area contributed by atoms with Crippen molar-refractivity contribution in [3.05, 3.63) is 58.1 Å². The number of amides is 1. The van der Waals surface area contributed by atoms with E-state index in [1.54, 1.807) is 18.2 Å². The first-order valence-corrected chi connectivity index (χ1v) is 9.44. The van der Waals surface area contributed by atoms with Gasteiger partial charge < -0.3 is 5.32 Å². The van der Waals surface area contributed by atoms with E-state index in [0.29, 0.717) is 23.0 Å². The Morgan fingerprint density at radius 3 is 2.33 bits per heavy atom. The molecule has 128 valence electrons. The largest absolute Gasteiger partial charge is 0.319 e. The van der Waals surface area contributed by atoms with Crippen LogP contribution in [0.5, 0.6) is 0 Å². The van der Waals surface area contributed by atoms with Crippen molar-refractivity contribution in [2.45, 2.75) is 18.2 Å². The zero-order chi connectivity index (χ0) is 17.7. The number of benzene rings is 2. The van der Waals surface area contributed by atoms with E-state index in [9.17, 15) is 13.2 Å². The van der Waals surface area contributed by atoms with Crippen LogP contribution < -0.4 is 10.0 Å². The molecule has 0 heterocycles. The van der Waals surface area contributed by atoms with Gasteiger partial charge in [0.15, 0.2) is 0 Å². The van der Waals surface area contributed by atoms with Crippen LogP contribution in [0.25, 0.3) is 0 Å². The lowest BCUT2D eigenvalue weighted by atomic mass is 10.2. The minimum atomic E-state index is -3.65. The summed E-state index contributed by atoms with van der Waals surface area (Å²) in [6.07, 6.45) is 0.671. The molecule has 2 N–H and O–H groups in total. The average molecular weight is 387 g/mol. The smallest absolute Gasteiger partial charge is 0.255 e. The molecular weight excluding hydrogens is 371 g/mol. The first kappa shape index (κ1) is 18.7. The fourth-order valence-corrected chi connectivity index (χ4v) is 3.60. The first-order chi connectivity index (χ1) is 11.3. The van der Waals surface area contributed by atoms with Crippen molar-refractivity contribution < 1.29 is 13.2 Å². The highest BCUT2D eigenvalue weighted by Gasteiger charge is 2.17.